The molecule has 0 atom stereocenters. The molecule has 1 rings (SSSR count). The van der Waals surface area contributed by atoms with Gasteiger partial charge in [0.15, 0.2) is 0 Å². The second kappa shape index (κ2) is 11.4. The van der Waals surface area contributed by atoms with Crippen molar-refractivity contribution in [1.29, 1.82) is 0 Å². The SMILES string of the molecule is C=C.C=C(/C=C\C)c1cnc[nH]1.CC. The van der Waals surface area contributed by atoms with Crippen molar-refractivity contribution in [1.82, 2.24) is 9.97 Å². The van der Waals surface area contributed by atoms with Crippen LogP contribution in [0, 0.1) is 0 Å². The summed E-state index contributed by atoms with van der Waals surface area (Å²) in [4.78, 5) is 6.84. The molecular formula is C12H20N2. The molecule has 78 valence electrons. The van der Waals surface area contributed by atoms with Crippen LogP contribution in [0.15, 0.2) is 44.4 Å². The van der Waals surface area contributed by atoms with Crippen molar-refractivity contribution < 1.29 is 0 Å². The van der Waals surface area contributed by atoms with Gasteiger partial charge in [0.25, 0.3) is 0 Å². The van der Waals surface area contributed by atoms with Crippen LogP contribution < -0.4 is 0 Å². The fourth-order valence-corrected chi connectivity index (χ4v) is 0.722. The standard InChI is InChI=1S/C8H10N2.C2H6.C2H4/c1-3-4-7(2)8-5-9-6-10-8;2*1-2/h3-6H,2H2,1H3,(H,9,10);1-2H3;1-2H2/b4-3-;;. The van der Waals surface area contributed by atoms with Crippen molar-refractivity contribution in [3.63, 3.8) is 0 Å². The predicted molar refractivity (Wildman–Crippen MR) is 65.0 cm³/mol. The van der Waals surface area contributed by atoms with Gasteiger partial charge in [0.05, 0.1) is 18.2 Å². The maximum absolute atomic E-state index is 3.88. The van der Waals surface area contributed by atoms with E-state index in [1.54, 1.807) is 12.5 Å². The lowest BCUT2D eigenvalue weighted by molar-refractivity contribution is 1.30. The van der Waals surface area contributed by atoms with E-state index in [1.807, 2.05) is 32.9 Å². The number of H-pyrrole nitrogens is 1. The monoisotopic (exact) mass is 192 g/mol. The molecule has 0 fully saturated rings. The number of aromatic amines is 1. The van der Waals surface area contributed by atoms with Crippen LogP contribution in [0.25, 0.3) is 5.57 Å². The minimum atomic E-state index is 0.958. The molecule has 0 saturated carbocycles. The van der Waals surface area contributed by atoms with Crippen LogP contribution >= 0.6 is 0 Å². The molecule has 2 heteroatoms. The van der Waals surface area contributed by atoms with Crippen LogP contribution in [-0.4, -0.2) is 9.97 Å². The summed E-state index contributed by atoms with van der Waals surface area (Å²) in [6.45, 7) is 15.8. The molecule has 1 N–H and O–H groups in total. The maximum atomic E-state index is 3.88. The summed E-state index contributed by atoms with van der Waals surface area (Å²) in [6.07, 6.45) is 7.28. The number of nitrogens with zero attached hydrogens (tertiary/aromatic N) is 1. The third-order valence-electron chi connectivity index (χ3n) is 1.21. The minimum Gasteiger partial charge on any atom is -0.345 e. The number of imidazole rings is 1. The summed E-state index contributed by atoms with van der Waals surface area (Å²) >= 11 is 0. The quantitative estimate of drug-likeness (QED) is 0.560. The van der Waals surface area contributed by atoms with Crippen LogP contribution in [-0.2, 0) is 0 Å². The van der Waals surface area contributed by atoms with Gasteiger partial charge in [0.2, 0.25) is 0 Å². The van der Waals surface area contributed by atoms with Gasteiger partial charge in [-0.2, -0.15) is 0 Å². The highest BCUT2D eigenvalue weighted by atomic mass is 14.9. The fraction of sp³-hybridized carbons (Fsp3) is 0.250. The maximum Gasteiger partial charge on any atom is 0.0924 e. The summed E-state index contributed by atoms with van der Waals surface area (Å²) < 4.78 is 0. The third kappa shape index (κ3) is 6.00. The average Bonchev–Trinajstić information content (AvgIpc) is 2.77. The fourth-order valence-electron chi connectivity index (χ4n) is 0.722. The Kier molecular flexibility index (Phi) is 12.2. The molecule has 14 heavy (non-hydrogen) atoms. The van der Waals surface area contributed by atoms with E-state index in [0.717, 1.165) is 11.3 Å². The molecule has 0 unspecified atom stereocenters. The zero-order valence-electron chi connectivity index (χ0n) is 9.38. The molecule has 0 bridgehead atoms. The van der Waals surface area contributed by atoms with Gasteiger partial charge in [-0.3, -0.25) is 0 Å². The van der Waals surface area contributed by atoms with Crippen molar-refractivity contribution in [2.75, 3.05) is 0 Å². The molecule has 0 spiro atoms. The second-order valence-electron chi connectivity index (χ2n) is 1.99. The first-order valence-electron chi connectivity index (χ1n) is 4.65. The van der Waals surface area contributed by atoms with Gasteiger partial charge in [0.1, 0.15) is 0 Å². The number of hydrogen-bond donors (Lipinski definition) is 1. The third-order valence-corrected chi connectivity index (χ3v) is 1.21. The van der Waals surface area contributed by atoms with Crippen molar-refractivity contribution >= 4 is 5.57 Å². The van der Waals surface area contributed by atoms with Gasteiger partial charge in [-0.05, 0) is 12.5 Å². The van der Waals surface area contributed by atoms with Gasteiger partial charge >= 0.3 is 0 Å². The lowest BCUT2D eigenvalue weighted by atomic mass is 10.2. The first-order chi connectivity index (χ1) is 6.84. The highest BCUT2D eigenvalue weighted by molar-refractivity contribution is 5.68. The van der Waals surface area contributed by atoms with E-state index in [1.165, 1.54) is 0 Å². The van der Waals surface area contributed by atoms with Crippen LogP contribution in [0.5, 0.6) is 0 Å². The van der Waals surface area contributed by atoms with Crippen molar-refractivity contribution in [2.24, 2.45) is 0 Å². The van der Waals surface area contributed by atoms with Gasteiger partial charge in [0, 0.05) is 0 Å². The molecule has 0 radical (unpaired) electrons. The minimum absolute atomic E-state index is 0.958. The number of nitrogens with one attached hydrogen (secondary N) is 1. The Morgan fingerprint density at radius 3 is 2.36 bits per heavy atom. The van der Waals surface area contributed by atoms with E-state index in [9.17, 15) is 0 Å². The molecule has 0 aliphatic carbocycles. The van der Waals surface area contributed by atoms with Gasteiger partial charge in [-0.25, -0.2) is 4.98 Å². The van der Waals surface area contributed by atoms with E-state index in [0.29, 0.717) is 0 Å². The molecule has 0 saturated heterocycles. The Labute approximate surface area is 87.1 Å². The van der Waals surface area contributed by atoms with Gasteiger partial charge in [-0.15, -0.1) is 13.2 Å². The first-order valence-corrected chi connectivity index (χ1v) is 4.65. The summed E-state index contributed by atoms with van der Waals surface area (Å²) in [7, 11) is 0. The molecule has 1 aromatic rings. The average molecular weight is 192 g/mol. The second-order valence-corrected chi connectivity index (χ2v) is 1.99. The zero-order chi connectivity index (χ0) is 11.4. The Morgan fingerprint density at radius 1 is 1.43 bits per heavy atom. The molecule has 2 nitrogen and oxygen atoms in total. The Bertz CT molecular complexity index is 245. The molecule has 1 aromatic heterocycles. The number of hydrogen-bond acceptors (Lipinski definition) is 1. The molecule has 0 amide bonds. The van der Waals surface area contributed by atoms with Crippen LogP contribution in [0.3, 0.4) is 0 Å². The van der Waals surface area contributed by atoms with Crippen LogP contribution in [0.4, 0.5) is 0 Å². The predicted octanol–water partition coefficient (Wildman–Crippen LogP) is 3.83. The Hall–Kier alpha value is -1.57. The number of rotatable bonds is 2. The lowest BCUT2D eigenvalue weighted by Gasteiger charge is -1.90. The van der Waals surface area contributed by atoms with Gasteiger partial charge in [-0.1, -0.05) is 32.6 Å². The molecular weight excluding hydrogens is 172 g/mol. The molecule has 0 aliphatic rings. The van der Waals surface area contributed by atoms with Crippen molar-refractivity contribution in [2.45, 2.75) is 20.8 Å². The topological polar surface area (TPSA) is 28.7 Å². The molecule has 1 heterocycles. The summed E-state index contributed by atoms with van der Waals surface area (Å²) in [5, 5.41) is 0. The van der Waals surface area contributed by atoms with E-state index in [-0.39, 0.29) is 0 Å². The van der Waals surface area contributed by atoms with E-state index >= 15 is 0 Å². The summed E-state index contributed by atoms with van der Waals surface area (Å²) in [5.74, 6) is 0. The van der Waals surface area contributed by atoms with Crippen molar-refractivity contribution in [3.05, 3.63) is 50.1 Å². The van der Waals surface area contributed by atoms with Crippen LogP contribution in [0.1, 0.15) is 26.5 Å². The normalized spacial score (nSPS) is 8.21. The first kappa shape index (κ1) is 14.9. The largest absolute Gasteiger partial charge is 0.345 e. The van der Waals surface area contributed by atoms with Crippen LogP contribution in [0.2, 0.25) is 0 Å². The smallest absolute Gasteiger partial charge is 0.0924 e. The number of aromatic nitrogens is 2. The number of allylic oxidation sites excluding steroid dienone is 3. The molecule has 0 aliphatic heterocycles. The summed E-state index contributed by atoms with van der Waals surface area (Å²) in [6, 6.07) is 0. The highest BCUT2D eigenvalue weighted by Gasteiger charge is 1.92. The van der Waals surface area contributed by atoms with E-state index in [2.05, 4.69) is 29.7 Å². The van der Waals surface area contributed by atoms with Gasteiger partial charge < -0.3 is 4.98 Å². The zero-order valence-corrected chi connectivity index (χ0v) is 9.38. The Balaban J connectivity index is 0. The Morgan fingerprint density at radius 2 is 2.00 bits per heavy atom. The lowest BCUT2D eigenvalue weighted by Crippen LogP contribution is -1.75. The summed E-state index contributed by atoms with van der Waals surface area (Å²) in [5.41, 5.74) is 1.93. The molecule has 0 aromatic carbocycles. The van der Waals surface area contributed by atoms with E-state index < -0.39 is 0 Å². The highest BCUT2D eigenvalue weighted by Crippen LogP contribution is 2.07. The van der Waals surface area contributed by atoms with E-state index in [4.69, 9.17) is 0 Å². The van der Waals surface area contributed by atoms with Crippen molar-refractivity contribution in [3.8, 4) is 0 Å².